The zero-order valence-corrected chi connectivity index (χ0v) is 12.2. The zero-order valence-electron chi connectivity index (χ0n) is 12.2. The van der Waals surface area contributed by atoms with Crippen LogP contribution < -0.4 is 10.6 Å². The standard InChI is InChI=1S/C14H19N3O5/c1-2-3-8-15-11(14(19)20)9-13(18)16-10-6-4-5-7-12(10)17(21)22/h4-7,11,15H,2-3,8-9H2,1H3,(H,16,18)(H,19,20). The summed E-state index contributed by atoms with van der Waals surface area (Å²) in [5.41, 5.74) is -0.183. The number of unbranched alkanes of at least 4 members (excludes halogenated alkanes) is 1. The fraction of sp³-hybridized carbons (Fsp3) is 0.429. The minimum atomic E-state index is -1.13. The molecule has 1 aromatic rings. The van der Waals surface area contributed by atoms with Crippen LogP contribution in [0.15, 0.2) is 24.3 Å². The summed E-state index contributed by atoms with van der Waals surface area (Å²) in [6, 6.07) is 4.69. The maximum Gasteiger partial charge on any atom is 0.321 e. The second kappa shape index (κ2) is 8.73. The van der Waals surface area contributed by atoms with Gasteiger partial charge in [0.05, 0.1) is 11.3 Å². The molecule has 8 nitrogen and oxygen atoms in total. The van der Waals surface area contributed by atoms with E-state index in [1.807, 2.05) is 6.92 Å². The molecule has 0 aliphatic carbocycles. The molecular weight excluding hydrogens is 290 g/mol. The molecule has 1 atom stereocenters. The normalized spacial score (nSPS) is 11.7. The molecule has 0 fully saturated rings. The van der Waals surface area contributed by atoms with Crippen LogP contribution in [-0.2, 0) is 9.59 Å². The Morgan fingerprint density at radius 2 is 2.05 bits per heavy atom. The van der Waals surface area contributed by atoms with E-state index in [1.165, 1.54) is 18.2 Å². The average molecular weight is 309 g/mol. The second-order valence-electron chi connectivity index (χ2n) is 4.73. The maximum atomic E-state index is 11.9. The number of benzene rings is 1. The van der Waals surface area contributed by atoms with E-state index in [1.54, 1.807) is 6.07 Å². The van der Waals surface area contributed by atoms with E-state index >= 15 is 0 Å². The van der Waals surface area contributed by atoms with Crippen molar-refractivity contribution in [3.05, 3.63) is 34.4 Å². The number of rotatable bonds is 9. The van der Waals surface area contributed by atoms with Crippen LogP contribution in [0.4, 0.5) is 11.4 Å². The van der Waals surface area contributed by atoms with Gasteiger partial charge in [-0.25, -0.2) is 0 Å². The lowest BCUT2D eigenvalue weighted by atomic mass is 10.1. The van der Waals surface area contributed by atoms with Gasteiger partial charge in [-0.1, -0.05) is 25.5 Å². The number of nitrogens with zero attached hydrogens (tertiary/aromatic N) is 1. The third-order valence-corrected chi connectivity index (χ3v) is 2.98. The Hall–Kier alpha value is -2.48. The molecule has 0 aliphatic heterocycles. The van der Waals surface area contributed by atoms with E-state index < -0.39 is 22.8 Å². The van der Waals surface area contributed by atoms with Gasteiger partial charge in [-0.3, -0.25) is 19.7 Å². The summed E-state index contributed by atoms with van der Waals surface area (Å²) in [4.78, 5) is 33.3. The number of nitro benzene ring substituents is 1. The number of carbonyl (C=O) groups excluding carboxylic acids is 1. The van der Waals surface area contributed by atoms with Crippen LogP contribution >= 0.6 is 0 Å². The van der Waals surface area contributed by atoms with Gasteiger partial charge in [0, 0.05) is 6.07 Å². The highest BCUT2D eigenvalue weighted by molar-refractivity contribution is 5.95. The molecule has 0 bridgehead atoms. The quantitative estimate of drug-likeness (QED) is 0.363. The van der Waals surface area contributed by atoms with Gasteiger partial charge in [0.25, 0.3) is 5.69 Å². The molecular formula is C14H19N3O5. The molecule has 8 heteroatoms. The van der Waals surface area contributed by atoms with Gasteiger partial charge < -0.3 is 15.7 Å². The van der Waals surface area contributed by atoms with Crippen molar-refractivity contribution < 1.29 is 19.6 Å². The highest BCUT2D eigenvalue weighted by Gasteiger charge is 2.22. The molecule has 0 aromatic heterocycles. The van der Waals surface area contributed by atoms with Crippen molar-refractivity contribution in [2.45, 2.75) is 32.2 Å². The topological polar surface area (TPSA) is 122 Å². The first-order valence-corrected chi connectivity index (χ1v) is 6.95. The number of nitrogens with one attached hydrogen (secondary N) is 2. The number of nitro groups is 1. The van der Waals surface area contributed by atoms with E-state index in [9.17, 15) is 19.7 Å². The number of para-hydroxylation sites is 2. The van der Waals surface area contributed by atoms with Crippen LogP contribution in [0.25, 0.3) is 0 Å². The van der Waals surface area contributed by atoms with Gasteiger partial charge in [0.1, 0.15) is 11.7 Å². The van der Waals surface area contributed by atoms with Crippen molar-refractivity contribution in [1.29, 1.82) is 0 Å². The van der Waals surface area contributed by atoms with Crippen molar-refractivity contribution >= 4 is 23.3 Å². The molecule has 3 N–H and O–H groups in total. The molecule has 0 saturated carbocycles. The lowest BCUT2D eigenvalue weighted by Crippen LogP contribution is -2.40. The number of carboxylic acids is 1. The third kappa shape index (κ3) is 5.49. The summed E-state index contributed by atoms with van der Waals surface area (Å²) in [7, 11) is 0. The van der Waals surface area contributed by atoms with Crippen LogP contribution in [-0.4, -0.2) is 34.5 Å². The van der Waals surface area contributed by atoms with Crippen LogP contribution in [0.1, 0.15) is 26.2 Å². The van der Waals surface area contributed by atoms with Crippen molar-refractivity contribution in [2.75, 3.05) is 11.9 Å². The number of aliphatic carboxylic acids is 1. The van der Waals surface area contributed by atoms with E-state index in [2.05, 4.69) is 10.6 Å². The number of hydrogen-bond acceptors (Lipinski definition) is 5. The molecule has 0 saturated heterocycles. The van der Waals surface area contributed by atoms with Crippen LogP contribution in [0.5, 0.6) is 0 Å². The molecule has 1 rings (SSSR count). The summed E-state index contributed by atoms with van der Waals surface area (Å²) in [5, 5.41) is 25.1. The highest BCUT2D eigenvalue weighted by Crippen LogP contribution is 2.23. The van der Waals surface area contributed by atoms with E-state index in [4.69, 9.17) is 5.11 Å². The molecule has 120 valence electrons. The first-order valence-electron chi connectivity index (χ1n) is 6.95. The van der Waals surface area contributed by atoms with E-state index in [0.717, 1.165) is 12.8 Å². The monoisotopic (exact) mass is 309 g/mol. The Kier molecular flexibility index (Phi) is 6.97. The first-order chi connectivity index (χ1) is 10.5. The fourth-order valence-corrected chi connectivity index (χ4v) is 1.83. The van der Waals surface area contributed by atoms with E-state index in [0.29, 0.717) is 6.54 Å². The van der Waals surface area contributed by atoms with Crippen molar-refractivity contribution in [3.8, 4) is 0 Å². The Bertz CT molecular complexity index is 547. The van der Waals surface area contributed by atoms with Crippen LogP contribution in [0.2, 0.25) is 0 Å². The lowest BCUT2D eigenvalue weighted by Gasteiger charge is -2.14. The van der Waals surface area contributed by atoms with Crippen molar-refractivity contribution in [2.24, 2.45) is 0 Å². The Balaban J connectivity index is 2.68. The average Bonchev–Trinajstić information content (AvgIpc) is 2.46. The predicted octanol–water partition coefficient (Wildman–Crippen LogP) is 1.77. The molecule has 22 heavy (non-hydrogen) atoms. The van der Waals surface area contributed by atoms with Gasteiger partial charge in [0.2, 0.25) is 5.91 Å². The minimum Gasteiger partial charge on any atom is -0.480 e. The summed E-state index contributed by atoms with van der Waals surface area (Å²) in [5.74, 6) is -1.72. The lowest BCUT2D eigenvalue weighted by molar-refractivity contribution is -0.383. The van der Waals surface area contributed by atoms with Gasteiger partial charge in [0.15, 0.2) is 0 Å². The predicted molar refractivity (Wildman–Crippen MR) is 80.7 cm³/mol. The summed E-state index contributed by atoms with van der Waals surface area (Å²) in [6.07, 6.45) is 1.41. The third-order valence-electron chi connectivity index (χ3n) is 2.98. The molecule has 0 aliphatic rings. The van der Waals surface area contributed by atoms with Crippen LogP contribution in [0, 0.1) is 10.1 Å². The Labute approximate surface area is 127 Å². The SMILES string of the molecule is CCCCNC(CC(=O)Nc1ccccc1[N+](=O)[O-])C(=O)O. The number of amides is 1. The molecule has 0 spiro atoms. The fourth-order valence-electron chi connectivity index (χ4n) is 1.83. The minimum absolute atomic E-state index is 0.0511. The summed E-state index contributed by atoms with van der Waals surface area (Å²) < 4.78 is 0. The number of carbonyl (C=O) groups is 2. The van der Waals surface area contributed by atoms with Crippen LogP contribution in [0.3, 0.4) is 0 Å². The molecule has 0 radical (unpaired) electrons. The molecule has 1 amide bonds. The zero-order chi connectivity index (χ0) is 16.5. The second-order valence-corrected chi connectivity index (χ2v) is 4.73. The maximum absolute atomic E-state index is 11.9. The highest BCUT2D eigenvalue weighted by atomic mass is 16.6. The van der Waals surface area contributed by atoms with Crippen molar-refractivity contribution in [3.63, 3.8) is 0 Å². The molecule has 0 heterocycles. The van der Waals surface area contributed by atoms with Gasteiger partial charge in [-0.15, -0.1) is 0 Å². The van der Waals surface area contributed by atoms with Gasteiger partial charge in [-0.2, -0.15) is 0 Å². The number of hydrogen-bond donors (Lipinski definition) is 3. The summed E-state index contributed by atoms with van der Waals surface area (Å²) >= 11 is 0. The molecule has 1 unspecified atom stereocenters. The first kappa shape index (κ1) is 17.6. The van der Waals surface area contributed by atoms with Gasteiger partial charge in [-0.05, 0) is 19.0 Å². The Morgan fingerprint density at radius 3 is 2.64 bits per heavy atom. The largest absolute Gasteiger partial charge is 0.480 e. The van der Waals surface area contributed by atoms with Crippen molar-refractivity contribution in [1.82, 2.24) is 5.32 Å². The van der Waals surface area contributed by atoms with E-state index in [-0.39, 0.29) is 17.8 Å². The Morgan fingerprint density at radius 1 is 1.36 bits per heavy atom. The number of anilines is 1. The smallest absolute Gasteiger partial charge is 0.321 e. The number of carboxylic acid groups (broad SMARTS) is 1. The summed E-state index contributed by atoms with van der Waals surface area (Å²) in [6.45, 7) is 2.46. The van der Waals surface area contributed by atoms with Gasteiger partial charge >= 0.3 is 5.97 Å². The molecule has 1 aromatic carbocycles.